The molecule has 45 heavy (non-hydrogen) atoms. The monoisotopic (exact) mass is 611 g/mol. The van der Waals surface area contributed by atoms with Crippen LogP contribution in [-0.2, 0) is 6.42 Å². The van der Waals surface area contributed by atoms with Crippen LogP contribution in [0.15, 0.2) is 185 Å². The molecule has 232 valence electrons. The van der Waals surface area contributed by atoms with Crippen molar-refractivity contribution in [1.29, 1.82) is 0 Å². The lowest BCUT2D eigenvalue weighted by molar-refractivity contribution is 1.13. The fourth-order valence-electron chi connectivity index (χ4n) is 5.79. The lowest BCUT2D eigenvalue weighted by Crippen LogP contribution is -2.13. The predicted octanol–water partition coefficient (Wildman–Crippen LogP) is 13.0. The first kappa shape index (κ1) is 35.0. The van der Waals surface area contributed by atoms with Gasteiger partial charge in [0.15, 0.2) is 0 Å². The van der Waals surface area contributed by atoms with Crippen LogP contribution in [0.4, 0.5) is 5.69 Å². The summed E-state index contributed by atoms with van der Waals surface area (Å²) >= 11 is 0. The number of anilines is 1. The Bertz CT molecular complexity index is 1570. The van der Waals surface area contributed by atoms with E-state index in [1.807, 2.05) is 40.7 Å². The molecule has 0 saturated heterocycles. The van der Waals surface area contributed by atoms with Gasteiger partial charge in [0.05, 0.1) is 0 Å². The molecule has 0 atom stereocenters. The summed E-state index contributed by atoms with van der Waals surface area (Å²) in [5, 5.41) is 0. The fraction of sp³-hybridized carbons (Fsp3) is 0.163. The van der Waals surface area contributed by atoms with E-state index in [-0.39, 0.29) is 0 Å². The maximum atomic E-state index is 4.25. The van der Waals surface area contributed by atoms with Crippen LogP contribution in [0.2, 0.25) is 0 Å². The minimum atomic E-state index is -1.74. The topological polar surface area (TPSA) is 3.24 Å². The normalized spacial score (nSPS) is 11.3. The van der Waals surface area contributed by atoms with E-state index in [1.54, 1.807) is 0 Å². The predicted molar refractivity (Wildman–Crippen MR) is 201 cm³/mol. The van der Waals surface area contributed by atoms with Crippen molar-refractivity contribution in [3.63, 3.8) is 0 Å². The molecule has 1 nitrogen and oxygen atoms in total. The Kier molecular flexibility index (Phi) is 13.3. The Morgan fingerprint density at radius 2 is 1.13 bits per heavy atom. The Morgan fingerprint density at radius 3 is 1.60 bits per heavy atom. The summed E-state index contributed by atoms with van der Waals surface area (Å²) in [7, 11) is 0.354. The molecule has 0 unspecified atom stereocenters. The molecule has 0 bridgehead atoms. The summed E-state index contributed by atoms with van der Waals surface area (Å²) in [5.74, 6) is 0. The number of nitrogens with zero attached hydrogens (tertiary/aromatic N) is 1. The van der Waals surface area contributed by atoms with E-state index in [4.69, 9.17) is 0 Å². The number of allylic oxidation sites excluding steroid dienone is 2. The molecule has 0 N–H and O–H groups in total. The number of benzene rings is 5. The van der Waals surface area contributed by atoms with Gasteiger partial charge in [0.2, 0.25) is 0 Å². The minimum Gasteiger partial charge on any atom is -0.345 e. The second-order valence-corrected chi connectivity index (χ2v) is 13.0. The molecular formula is C43H49NS. The molecule has 2 heteroatoms. The van der Waals surface area contributed by atoms with E-state index in [1.165, 1.54) is 41.8 Å². The molecule has 5 aromatic rings. The molecule has 6 rings (SSSR count). The summed E-state index contributed by atoms with van der Waals surface area (Å²) in [6.07, 6.45) is 5.02. The van der Waals surface area contributed by atoms with Crippen molar-refractivity contribution in [2.75, 3.05) is 11.9 Å². The van der Waals surface area contributed by atoms with E-state index >= 15 is 0 Å². The van der Waals surface area contributed by atoms with Gasteiger partial charge < -0.3 is 4.90 Å². The highest BCUT2D eigenvalue weighted by Crippen LogP contribution is 2.74. The number of fused-ring (bicyclic) bond motifs is 3. The van der Waals surface area contributed by atoms with Crippen molar-refractivity contribution in [2.24, 2.45) is 0 Å². The number of hydrogen-bond acceptors (Lipinski definition) is 1. The summed E-state index contributed by atoms with van der Waals surface area (Å²) in [6, 6.07) is 47.2. The van der Waals surface area contributed by atoms with Crippen LogP contribution in [-0.4, -0.2) is 7.05 Å². The molecular weight excluding hydrogens is 563 g/mol. The Hall–Kier alpha value is -4.53. The van der Waals surface area contributed by atoms with Gasteiger partial charge in [-0.25, -0.2) is 0 Å². The Labute approximate surface area is 274 Å². The van der Waals surface area contributed by atoms with Crippen LogP contribution in [0.3, 0.4) is 0 Å². The van der Waals surface area contributed by atoms with Crippen molar-refractivity contribution in [1.82, 2.24) is 0 Å². The average Bonchev–Trinajstić information content (AvgIpc) is 3.51. The standard InChI is InChI=1S/C37H33NS.2C2H6.C2H4/c1-4-15-28(2)38(3)30-25-24-29-26-36-34(35(29)27-30)22-14-23-37(36)39(31-16-8-5-9-17-31,32-18-10-6-11-19-32)33-20-12-7-13-21-33;3*1-2/h4-25,27H,2,26H2,1,3H3;2*1-2H3;1-2H2/b15-4-;;;. The second-order valence-electron chi connectivity index (χ2n) is 9.90. The third-order valence-corrected chi connectivity index (χ3v) is 11.7. The maximum Gasteiger partial charge on any atom is 0.0414 e. The molecule has 0 spiro atoms. The van der Waals surface area contributed by atoms with Crippen molar-refractivity contribution in [2.45, 2.75) is 60.6 Å². The van der Waals surface area contributed by atoms with Crippen molar-refractivity contribution >= 4 is 15.7 Å². The highest BCUT2D eigenvalue weighted by atomic mass is 32.3. The van der Waals surface area contributed by atoms with Gasteiger partial charge in [-0.1, -0.05) is 113 Å². The van der Waals surface area contributed by atoms with Gasteiger partial charge in [-0.3, -0.25) is 0 Å². The molecule has 1 aliphatic carbocycles. The quantitative estimate of drug-likeness (QED) is 0.128. The van der Waals surface area contributed by atoms with Crippen molar-refractivity contribution < 1.29 is 0 Å². The summed E-state index contributed by atoms with van der Waals surface area (Å²) < 4.78 is 0. The van der Waals surface area contributed by atoms with Gasteiger partial charge in [-0.15, -0.1) is 23.2 Å². The van der Waals surface area contributed by atoms with Crippen molar-refractivity contribution in [3.8, 4) is 11.1 Å². The molecule has 1 aliphatic rings. The molecule has 0 fully saturated rings. The molecule has 0 aromatic heterocycles. The van der Waals surface area contributed by atoms with E-state index < -0.39 is 10.0 Å². The molecule has 0 aliphatic heterocycles. The molecule has 5 aromatic carbocycles. The van der Waals surface area contributed by atoms with E-state index in [9.17, 15) is 0 Å². The van der Waals surface area contributed by atoms with Crippen LogP contribution in [0.5, 0.6) is 0 Å². The minimum absolute atomic E-state index is 0.932. The first-order valence-electron chi connectivity index (χ1n) is 15.9. The third kappa shape index (κ3) is 6.92. The highest BCUT2D eigenvalue weighted by Gasteiger charge is 2.37. The van der Waals surface area contributed by atoms with Crippen LogP contribution < -0.4 is 4.90 Å². The number of rotatable bonds is 7. The largest absolute Gasteiger partial charge is 0.345 e. The first-order valence-corrected chi connectivity index (χ1v) is 17.6. The van der Waals surface area contributed by atoms with E-state index in [2.05, 4.69) is 165 Å². The van der Waals surface area contributed by atoms with Crippen LogP contribution in [0.25, 0.3) is 11.1 Å². The van der Waals surface area contributed by atoms with Gasteiger partial charge >= 0.3 is 0 Å². The van der Waals surface area contributed by atoms with Crippen LogP contribution >= 0.6 is 10.0 Å². The molecule has 0 heterocycles. The first-order chi connectivity index (χ1) is 22.1. The zero-order valence-electron chi connectivity index (χ0n) is 28.0. The third-order valence-electron chi connectivity index (χ3n) is 7.68. The van der Waals surface area contributed by atoms with Gasteiger partial charge in [-0.2, -0.15) is 0 Å². The maximum absolute atomic E-state index is 4.25. The van der Waals surface area contributed by atoms with E-state index in [0.29, 0.717) is 0 Å². The molecule has 0 radical (unpaired) electrons. The van der Waals surface area contributed by atoms with Crippen LogP contribution in [0, 0.1) is 0 Å². The van der Waals surface area contributed by atoms with E-state index in [0.717, 1.165) is 17.8 Å². The Balaban J connectivity index is 0.000000870. The number of likely N-dealkylation sites (N-methyl/N-ethyl adjacent to an activating group) is 1. The highest BCUT2D eigenvalue weighted by molar-refractivity contribution is 8.34. The average molecular weight is 612 g/mol. The molecule has 0 amide bonds. The van der Waals surface area contributed by atoms with Gasteiger partial charge in [-0.05, 0) is 96.3 Å². The van der Waals surface area contributed by atoms with Gasteiger partial charge in [0, 0.05) is 38.0 Å². The summed E-state index contributed by atoms with van der Waals surface area (Å²) in [5.41, 5.74) is 7.62. The van der Waals surface area contributed by atoms with Crippen molar-refractivity contribution in [3.05, 3.63) is 176 Å². The molecule has 0 saturated carbocycles. The SMILES string of the molecule is C=C.C=C(/C=C\C)N(C)c1ccc2c(c1)-c1cccc(S(c3ccccc3)(c3ccccc3)c3ccccc3)c1C2.CC.CC. The fourth-order valence-corrected chi connectivity index (χ4v) is 9.90. The summed E-state index contributed by atoms with van der Waals surface area (Å²) in [4.78, 5) is 7.66. The zero-order valence-corrected chi connectivity index (χ0v) is 28.8. The lowest BCUT2D eigenvalue weighted by Gasteiger charge is -2.43. The lowest BCUT2D eigenvalue weighted by atomic mass is 10.0. The Morgan fingerprint density at radius 1 is 0.644 bits per heavy atom. The van der Waals surface area contributed by atoms with Crippen LogP contribution in [0.1, 0.15) is 45.7 Å². The van der Waals surface area contributed by atoms with Gasteiger partial charge in [0.25, 0.3) is 0 Å². The summed E-state index contributed by atoms with van der Waals surface area (Å²) in [6.45, 7) is 20.3. The zero-order chi connectivity index (χ0) is 32.8. The van der Waals surface area contributed by atoms with Gasteiger partial charge in [0.1, 0.15) is 0 Å². The smallest absolute Gasteiger partial charge is 0.0414 e. The number of hydrogen-bond donors (Lipinski definition) is 0. The second kappa shape index (κ2) is 17.1.